The third kappa shape index (κ3) is 11.8. The zero-order valence-electron chi connectivity index (χ0n) is 41.2. The van der Waals surface area contributed by atoms with Crippen molar-refractivity contribution in [3.63, 3.8) is 0 Å². The first kappa shape index (κ1) is 52.1. The van der Waals surface area contributed by atoms with Crippen LogP contribution in [0.25, 0.3) is 22.3 Å². The summed E-state index contributed by atoms with van der Waals surface area (Å²) in [5.74, 6) is -0.592. The van der Waals surface area contributed by atoms with Gasteiger partial charge in [-0.25, -0.2) is 19.6 Å². The van der Waals surface area contributed by atoms with Crippen molar-refractivity contribution in [2.75, 3.05) is 51.2 Å². The van der Waals surface area contributed by atoms with E-state index in [1.54, 1.807) is 65.2 Å². The molecule has 76 heavy (non-hydrogen) atoms. The highest BCUT2D eigenvalue weighted by Gasteiger charge is 2.51. The van der Waals surface area contributed by atoms with Crippen molar-refractivity contribution in [3.05, 3.63) is 168 Å². The number of nitrogens with zero attached hydrogens (tertiary/aromatic N) is 10. The molecule has 2 saturated heterocycles. The summed E-state index contributed by atoms with van der Waals surface area (Å²) in [6.07, 6.45) is -3.59. The monoisotopic (exact) mass is 1030 g/mol. The Kier molecular flexibility index (Phi) is 16.8. The number of nitrogens with one attached hydrogen (secondary N) is 2. The predicted molar refractivity (Wildman–Crippen MR) is 272 cm³/mol. The number of aliphatic hydroxyl groups excluding tert-OH is 2. The molecule has 2 aliphatic rings. The van der Waals surface area contributed by atoms with Crippen LogP contribution in [0.3, 0.4) is 0 Å². The lowest BCUT2D eigenvalue weighted by molar-refractivity contribution is -0.0622. The van der Waals surface area contributed by atoms with Gasteiger partial charge in [-0.2, -0.15) is 30.5 Å². The van der Waals surface area contributed by atoms with E-state index < -0.39 is 61.0 Å². The number of carbonyl (C=O) groups is 2. The van der Waals surface area contributed by atoms with Crippen LogP contribution < -0.4 is 10.6 Å². The summed E-state index contributed by atoms with van der Waals surface area (Å²) in [5.41, 5.74) is 4.36. The van der Waals surface area contributed by atoms with E-state index in [9.17, 15) is 30.3 Å². The molecule has 6 heterocycles. The summed E-state index contributed by atoms with van der Waals surface area (Å²) in [7, 11) is 2.98. The summed E-state index contributed by atoms with van der Waals surface area (Å²) in [6, 6.07) is 40.8. The average Bonchev–Trinajstić information content (AvgIpc) is 4.23. The van der Waals surface area contributed by atoms with E-state index in [4.69, 9.17) is 28.4 Å². The molecule has 0 unspecified atom stereocenters. The van der Waals surface area contributed by atoms with Crippen molar-refractivity contribution in [2.24, 2.45) is 0 Å². The quantitative estimate of drug-likeness (QED) is 0.0826. The van der Waals surface area contributed by atoms with Gasteiger partial charge in [0, 0.05) is 27.3 Å². The molecule has 0 bridgehead atoms. The van der Waals surface area contributed by atoms with Crippen LogP contribution in [-0.2, 0) is 41.3 Å². The molecule has 4 aromatic heterocycles. The largest absolute Gasteiger partial charge is 0.452 e. The highest BCUT2D eigenvalue weighted by Crippen LogP contribution is 2.38. The number of nitriles is 2. The molecule has 8 atom stereocenters. The average molecular weight is 1030 g/mol. The van der Waals surface area contributed by atoms with E-state index in [0.29, 0.717) is 59.0 Å². The topological polar surface area (TPSA) is 289 Å². The van der Waals surface area contributed by atoms with Crippen molar-refractivity contribution in [3.8, 4) is 12.1 Å². The first-order chi connectivity index (χ1) is 37.2. The van der Waals surface area contributed by atoms with Crippen molar-refractivity contribution in [1.82, 2.24) is 39.0 Å². The molecule has 0 saturated carbocycles. The first-order valence-electron chi connectivity index (χ1n) is 24.2. The number of aliphatic hydroxyl groups is 2. The zero-order valence-corrected chi connectivity index (χ0v) is 41.2. The van der Waals surface area contributed by atoms with Gasteiger partial charge in [0.05, 0.1) is 37.0 Å². The van der Waals surface area contributed by atoms with Crippen molar-refractivity contribution in [1.29, 1.82) is 10.5 Å². The lowest BCUT2D eigenvalue weighted by atomic mass is 10.1. The third-order valence-electron chi connectivity index (χ3n) is 12.5. The van der Waals surface area contributed by atoms with Crippen LogP contribution in [0, 0.1) is 22.7 Å². The molecule has 2 aliphatic heterocycles. The van der Waals surface area contributed by atoms with Crippen LogP contribution in [0.1, 0.15) is 55.9 Å². The maximum atomic E-state index is 13.4. The van der Waals surface area contributed by atoms with Crippen LogP contribution >= 0.6 is 0 Å². The van der Waals surface area contributed by atoms with Gasteiger partial charge in [0.15, 0.2) is 58.6 Å². The molecule has 4 N–H and O–H groups in total. The second-order valence-electron chi connectivity index (χ2n) is 17.5. The summed E-state index contributed by atoms with van der Waals surface area (Å²) >= 11 is 0. The van der Waals surface area contributed by atoms with Gasteiger partial charge in [-0.1, -0.05) is 97.1 Å². The number of rotatable bonds is 18. The van der Waals surface area contributed by atoms with Gasteiger partial charge in [0.1, 0.15) is 36.6 Å². The fraction of sp³-hybridized carbons (Fsp3) is 0.296. The summed E-state index contributed by atoms with van der Waals surface area (Å²) in [6.45, 7) is 1.27. The van der Waals surface area contributed by atoms with Gasteiger partial charge in [0.25, 0.3) is 0 Å². The van der Waals surface area contributed by atoms with Crippen LogP contribution in [0.2, 0.25) is 0 Å². The maximum Gasteiger partial charge on any atom is 0.338 e. The minimum Gasteiger partial charge on any atom is -0.452 e. The number of hydrogen-bond acceptors (Lipinski definition) is 20. The lowest BCUT2D eigenvalue weighted by Crippen LogP contribution is -2.41. The number of fused-ring (bicyclic) bond motifs is 2. The first-order valence-corrected chi connectivity index (χ1v) is 24.2. The van der Waals surface area contributed by atoms with Crippen LogP contribution in [0.4, 0.5) is 11.6 Å². The van der Waals surface area contributed by atoms with Crippen molar-refractivity contribution < 1.29 is 48.2 Å². The number of carbonyl (C=O) groups excluding carboxylic acids is 2. The van der Waals surface area contributed by atoms with Crippen LogP contribution in [0.15, 0.2) is 134 Å². The van der Waals surface area contributed by atoms with E-state index >= 15 is 0 Å². The number of methoxy groups -OCH3 is 2. The van der Waals surface area contributed by atoms with Crippen molar-refractivity contribution in [2.45, 2.75) is 61.9 Å². The summed E-state index contributed by atoms with van der Waals surface area (Å²) < 4.78 is 37.7. The highest BCUT2D eigenvalue weighted by molar-refractivity contribution is 5.90. The standard InChI is InChI=1S/C34H30N6O6.C20H22N6O4/c1-43-20-25-28(45-33(41)23-13-7-3-8-14-23)29(46-34(42)24-15-9-4-10-16-24)32(44-25)40-21-37-27-30(38-26(19-35)39-31(27)40)36-18-17-22-11-5-2-6-12-22;1-29-10-13-16(27)17(28)20(30-13)26-11-23-15-18(24-14(9-21)25-19(15)26)22-8-7-12-5-3-2-4-6-12/h2-16,21,25,28-29,32H,17-18,20H2,1H3,(H,36,38,39);2-6,11,13,16-17,20,27-28H,7-8,10H2,1H3,(H,22,24,25)/t25-,28-,29-,32-;13-,16-,17-,20-/m11/s1. The molecule has 4 aromatic carbocycles. The van der Waals surface area contributed by atoms with E-state index in [1.807, 2.05) is 72.8 Å². The van der Waals surface area contributed by atoms with Crippen LogP contribution in [0.5, 0.6) is 0 Å². The number of ether oxygens (including phenoxy) is 6. The Morgan fingerprint density at radius 1 is 0.579 bits per heavy atom. The molecule has 388 valence electrons. The number of benzene rings is 4. The molecule has 0 radical (unpaired) electrons. The van der Waals surface area contributed by atoms with E-state index in [0.717, 1.165) is 12.0 Å². The molecular formula is C54H52N12O10. The summed E-state index contributed by atoms with van der Waals surface area (Å²) in [4.78, 5) is 52.8. The molecule has 0 aliphatic carbocycles. The SMILES string of the molecule is COC[C@H]1O[C@@H](n2cnc3c(NCCc4ccccc4)nc(C#N)nc32)[C@H](O)[C@@H]1O.COC[C@H]1O[C@@H](n2cnc3c(NCCc4ccccc4)nc(C#N)nc32)[C@H](OC(=O)c2ccccc2)[C@@H]1OC(=O)c1ccccc1. The number of hydrogen-bond donors (Lipinski definition) is 4. The molecule has 0 spiro atoms. The fourth-order valence-corrected chi connectivity index (χ4v) is 8.78. The Morgan fingerprint density at radius 3 is 1.46 bits per heavy atom. The van der Waals surface area contributed by atoms with Crippen molar-refractivity contribution >= 4 is 45.9 Å². The summed E-state index contributed by atoms with van der Waals surface area (Å²) in [5, 5.41) is 46.3. The second-order valence-corrected chi connectivity index (χ2v) is 17.5. The number of aromatic nitrogens is 8. The Hall–Kier alpha value is -8.74. The molecule has 8 aromatic rings. The van der Waals surface area contributed by atoms with Gasteiger partial charge < -0.3 is 49.3 Å². The number of imidazole rings is 2. The van der Waals surface area contributed by atoms with E-state index in [-0.39, 0.29) is 30.5 Å². The molecule has 22 heteroatoms. The van der Waals surface area contributed by atoms with E-state index in [2.05, 4.69) is 40.5 Å². The van der Waals surface area contributed by atoms with Gasteiger partial charge >= 0.3 is 11.9 Å². The minimum atomic E-state index is -1.20. The lowest BCUT2D eigenvalue weighted by Gasteiger charge is -2.25. The number of esters is 2. The molecule has 22 nitrogen and oxygen atoms in total. The molecule has 10 rings (SSSR count). The minimum absolute atomic E-state index is 0.0278. The molecule has 2 fully saturated rings. The Bertz CT molecular complexity index is 3320. The van der Waals surface area contributed by atoms with Gasteiger partial charge in [-0.05, 0) is 48.2 Å². The van der Waals surface area contributed by atoms with E-state index in [1.165, 1.54) is 37.0 Å². The molecular weight excluding hydrogens is 977 g/mol. The fourth-order valence-electron chi connectivity index (χ4n) is 8.78. The Morgan fingerprint density at radius 2 is 1.00 bits per heavy atom. The number of anilines is 2. The predicted octanol–water partition coefficient (Wildman–Crippen LogP) is 4.97. The normalized spacial score (nSPS) is 20.8. The smallest absolute Gasteiger partial charge is 0.338 e. The van der Waals surface area contributed by atoms with Crippen LogP contribution in [-0.4, -0.2) is 138 Å². The second kappa shape index (κ2) is 24.5. The van der Waals surface area contributed by atoms with Gasteiger partial charge in [0.2, 0.25) is 11.6 Å². The maximum absolute atomic E-state index is 13.4. The van der Waals surface area contributed by atoms with Gasteiger partial charge in [-0.15, -0.1) is 0 Å². The third-order valence-corrected chi connectivity index (χ3v) is 12.5. The zero-order chi connectivity index (χ0) is 53.0. The molecule has 0 amide bonds. The Labute approximate surface area is 435 Å². The van der Waals surface area contributed by atoms with Gasteiger partial charge in [-0.3, -0.25) is 9.13 Å². The highest BCUT2D eigenvalue weighted by atomic mass is 16.7. The Balaban J connectivity index is 0.000000203.